The quantitative estimate of drug-likeness (QED) is 0.568. The molecule has 1 rings (SSSR count). The summed E-state index contributed by atoms with van der Waals surface area (Å²) in [6.45, 7) is 4.31. The SMILES string of the molecule is CCC(C)OC1C=CCCC1. The van der Waals surface area contributed by atoms with Gasteiger partial charge >= 0.3 is 0 Å². The molecule has 0 saturated heterocycles. The van der Waals surface area contributed by atoms with Crippen LogP contribution in [0, 0.1) is 0 Å². The number of hydrogen-bond acceptors (Lipinski definition) is 1. The second kappa shape index (κ2) is 4.55. The van der Waals surface area contributed by atoms with Crippen LogP contribution in [0.5, 0.6) is 0 Å². The van der Waals surface area contributed by atoms with Gasteiger partial charge in [-0.1, -0.05) is 19.1 Å². The third-order valence-corrected chi connectivity index (χ3v) is 2.19. The minimum absolute atomic E-state index is 0.402. The lowest BCUT2D eigenvalue weighted by Gasteiger charge is -2.20. The monoisotopic (exact) mass is 154 g/mol. The number of allylic oxidation sites excluding steroid dienone is 1. The van der Waals surface area contributed by atoms with Crippen LogP contribution < -0.4 is 0 Å². The Hall–Kier alpha value is -0.300. The normalized spacial score (nSPS) is 26.9. The van der Waals surface area contributed by atoms with Crippen LogP contribution in [0.15, 0.2) is 12.2 Å². The van der Waals surface area contributed by atoms with Gasteiger partial charge in [0.25, 0.3) is 0 Å². The van der Waals surface area contributed by atoms with E-state index in [4.69, 9.17) is 4.74 Å². The average Bonchev–Trinajstić information content (AvgIpc) is 2.06. The Balaban J connectivity index is 2.24. The summed E-state index contributed by atoms with van der Waals surface area (Å²) in [5, 5.41) is 0. The van der Waals surface area contributed by atoms with Crippen molar-refractivity contribution >= 4 is 0 Å². The molecule has 2 atom stereocenters. The average molecular weight is 154 g/mol. The van der Waals surface area contributed by atoms with Crippen LogP contribution in [0.25, 0.3) is 0 Å². The molecule has 0 amide bonds. The van der Waals surface area contributed by atoms with Crippen molar-refractivity contribution in [1.29, 1.82) is 0 Å². The number of ether oxygens (including phenoxy) is 1. The third kappa shape index (κ3) is 3.06. The molecule has 0 aromatic rings. The lowest BCUT2D eigenvalue weighted by molar-refractivity contribution is 0.0154. The summed E-state index contributed by atoms with van der Waals surface area (Å²) in [7, 11) is 0. The molecular weight excluding hydrogens is 136 g/mol. The first-order valence-electron chi connectivity index (χ1n) is 4.65. The van der Waals surface area contributed by atoms with Crippen molar-refractivity contribution in [2.75, 3.05) is 0 Å². The molecule has 0 N–H and O–H groups in total. The maximum atomic E-state index is 5.75. The van der Waals surface area contributed by atoms with Crippen LogP contribution in [-0.2, 0) is 4.74 Å². The minimum atomic E-state index is 0.402. The fourth-order valence-corrected chi connectivity index (χ4v) is 1.29. The molecule has 0 fully saturated rings. The fourth-order valence-electron chi connectivity index (χ4n) is 1.29. The topological polar surface area (TPSA) is 9.23 Å². The van der Waals surface area contributed by atoms with Crippen LogP contribution in [-0.4, -0.2) is 12.2 Å². The molecule has 0 radical (unpaired) electrons. The molecule has 2 unspecified atom stereocenters. The summed E-state index contributed by atoms with van der Waals surface area (Å²) in [5.41, 5.74) is 0. The van der Waals surface area contributed by atoms with Crippen molar-refractivity contribution in [3.63, 3.8) is 0 Å². The number of hydrogen-bond donors (Lipinski definition) is 0. The second-order valence-electron chi connectivity index (χ2n) is 3.25. The molecule has 1 nitrogen and oxygen atoms in total. The first-order valence-corrected chi connectivity index (χ1v) is 4.65. The molecule has 0 bridgehead atoms. The molecule has 1 aliphatic rings. The molecule has 11 heavy (non-hydrogen) atoms. The van der Waals surface area contributed by atoms with Crippen LogP contribution in [0.2, 0.25) is 0 Å². The third-order valence-electron chi connectivity index (χ3n) is 2.19. The molecule has 0 saturated carbocycles. The molecule has 1 aliphatic carbocycles. The zero-order valence-electron chi connectivity index (χ0n) is 7.55. The highest BCUT2D eigenvalue weighted by Gasteiger charge is 2.10. The lowest BCUT2D eigenvalue weighted by Crippen LogP contribution is -2.18. The van der Waals surface area contributed by atoms with E-state index in [1.807, 2.05) is 0 Å². The van der Waals surface area contributed by atoms with Crippen molar-refractivity contribution in [3.8, 4) is 0 Å². The van der Waals surface area contributed by atoms with E-state index in [0.29, 0.717) is 12.2 Å². The smallest absolute Gasteiger partial charge is 0.0759 e. The lowest BCUT2D eigenvalue weighted by atomic mass is 10.1. The van der Waals surface area contributed by atoms with E-state index < -0.39 is 0 Å². The van der Waals surface area contributed by atoms with Gasteiger partial charge in [-0.2, -0.15) is 0 Å². The Kier molecular flexibility index (Phi) is 3.64. The molecule has 0 aromatic heterocycles. The Morgan fingerprint density at radius 2 is 2.45 bits per heavy atom. The number of rotatable bonds is 3. The summed E-state index contributed by atoms with van der Waals surface area (Å²) in [6.07, 6.45) is 10.1. The van der Waals surface area contributed by atoms with Gasteiger partial charge in [-0.15, -0.1) is 0 Å². The van der Waals surface area contributed by atoms with E-state index in [0.717, 1.165) is 6.42 Å². The highest BCUT2D eigenvalue weighted by Crippen LogP contribution is 2.15. The van der Waals surface area contributed by atoms with Crippen molar-refractivity contribution in [2.24, 2.45) is 0 Å². The van der Waals surface area contributed by atoms with Gasteiger partial charge in [0.15, 0.2) is 0 Å². The summed E-state index contributed by atoms with van der Waals surface area (Å²) < 4.78 is 5.75. The van der Waals surface area contributed by atoms with Crippen LogP contribution in [0.4, 0.5) is 0 Å². The van der Waals surface area contributed by atoms with Gasteiger partial charge in [-0.3, -0.25) is 0 Å². The standard InChI is InChI=1S/C10H18O/c1-3-9(2)11-10-7-5-4-6-8-10/h5,7,9-10H,3-4,6,8H2,1-2H3. The van der Waals surface area contributed by atoms with E-state index in [1.54, 1.807) is 0 Å². The van der Waals surface area contributed by atoms with Gasteiger partial charge in [0.1, 0.15) is 0 Å². The Morgan fingerprint density at radius 3 is 3.00 bits per heavy atom. The first-order chi connectivity index (χ1) is 5.33. The van der Waals surface area contributed by atoms with Crippen LogP contribution in [0.1, 0.15) is 39.5 Å². The van der Waals surface area contributed by atoms with Gasteiger partial charge in [0.05, 0.1) is 12.2 Å². The highest BCUT2D eigenvalue weighted by molar-refractivity contribution is 4.94. The van der Waals surface area contributed by atoms with E-state index in [2.05, 4.69) is 26.0 Å². The van der Waals surface area contributed by atoms with Gasteiger partial charge in [-0.25, -0.2) is 0 Å². The minimum Gasteiger partial charge on any atom is -0.371 e. The fraction of sp³-hybridized carbons (Fsp3) is 0.800. The maximum absolute atomic E-state index is 5.75. The Morgan fingerprint density at radius 1 is 1.64 bits per heavy atom. The van der Waals surface area contributed by atoms with E-state index >= 15 is 0 Å². The molecule has 0 aromatic carbocycles. The van der Waals surface area contributed by atoms with E-state index in [1.165, 1.54) is 19.3 Å². The van der Waals surface area contributed by atoms with E-state index in [9.17, 15) is 0 Å². The molecule has 0 spiro atoms. The Bertz CT molecular complexity index is 129. The zero-order chi connectivity index (χ0) is 8.10. The molecule has 0 aliphatic heterocycles. The summed E-state index contributed by atoms with van der Waals surface area (Å²) in [4.78, 5) is 0. The Labute approximate surface area is 69.4 Å². The van der Waals surface area contributed by atoms with Crippen LogP contribution in [0.3, 0.4) is 0 Å². The highest BCUT2D eigenvalue weighted by atomic mass is 16.5. The van der Waals surface area contributed by atoms with Crippen LogP contribution >= 0.6 is 0 Å². The maximum Gasteiger partial charge on any atom is 0.0759 e. The summed E-state index contributed by atoms with van der Waals surface area (Å²) in [6, 6.07) is 0. The summed E-state index contributed by atoms with van der Waals surface area (Å²) >= 11 is 0. The van der Waals surface area contributed by atoms with Gasteiger partial charge in [0.2, 0.25) is 0 Å². The van der Waals surface area contributed by atoms with Gasteiger partial charge in [0, 0.05) is 0 Å². The molecule has 0 heterocycles. The largest absolute Gasteiger partial charge is 0.371 e. The first kappa shape index (κ1) is 8.79. The van der Waals surface area contributed by atoms with Crippen molar-refractivity contribution in [2.45, 2.75) is 51.7 Å². The zero-order valence-corrected chi connectivity index (χ0v) is 7.55. The van der Waals surface area contributed by atoms with E-state index in [-0.39, 0.29) is 0 Å². The predicted molar refractivity (Wildman–Crippen MR) is 47.6 cm³/mol. The molecular formula is C10H18O. The second-order valence-corrected chi connectivity index (χ2v) is 3.25. The molecule has 1 heteroatoms. The summed E-state index contributed by atoms with van der Waals surface area (Å²) in [5.74, 6) is 0. The molecule has 64 valence electrons. The van der Waals surface area contributed by atoms with Crippen molar-refractivity contribution in [3.05, 3.63) is 12.2 Å². The van der Waals surface area contributed by atoms with Crippen molar-refractivity contribution in [1.82, 2.24) is 0 Å². The van der Waals surface area contributed by atoms with Gasteiger partial charge < -0.3 is 4.74 Å². The predicted octanol–water partition coefficient (Wildman–Crippen LogP) is 2.91. The van der Waals surface area contributed by atoms with Crippen molar-refractivity contribution < 1.29 is 4.74 Å². The van der Waals surface area contributed by atoms with Gasteiger partial charge in [-0.05, 0) is 32.6 Å².